The number of fused-ring (bicyclic) bond motifs is 1. The third-order valence-corrected chi connectivity index (χ3v) is 6.68. The van der Waals surface area contributed by atoms with Gasteiger partial charge in [-0.2, -0.15) is 5.10 Å². The zero-order valence-corrected chi connectivity index (χ0v) is 21.9. The predicted molar refractivity (Wildman–Crippen MR) is 144 cm³/mol. The van der Waals surface area contributed by atoms with Gasteiger partial charge in [0.05, 0.1) is 35.1 Å². The number of nitrogens with two attached hydrogens (primary N) is 1. The third kappa shape index (κ3) is 5.06. The van der Waals surface area contributed by atoms with Gasteiger partial charge in [-0.1, -0.05) is 6.07 Å². The van der Waals surface area contributed by atoms with Crippen molar-refractivity contribution in [2.45, 2.75) is 13.8 Å². The van der Waals surface area contributed by atoms with Crippen LogP contribution in [0.2, 0.25) is 0 Å². The lowest BCUT2D eigenvalue weighted by Crippen LogP contribution is -2.10. The molecule has 39 heavy (non-hydrogen) atoms. The van der Waals surface area contributed by atoms with E-state index in [1.807, 2.05) is 0 Å². The number of anilines is 2. The van der Waals surface area contributed by atoms with Crippen LogP contribution in [0.25, 0.3) is 16.6 Å². The molecule has 12 heteroatoms. The van der Waals surface area contributed by atoms with E-state index in [9.17, 15) is 22.0 Å². The number of nitrogens with zero attached hydrogens (tertiary/aromatic N) is 2. The van der Waals surface area contributed by atoms with Crippen LogP contribution in [0.3, 0.4) is 0 Å². The summed E-state index contributed by atoms with van der Waals surface area (Å²) in [5.41, 5.74) is 9.55. The standard InChI is InChI=1S/C27H23F2N5O4S/c1-14-9-16-11-23(32-22(16)12-21(14)33-39(3,36)37)25(35)18-13-31-34(27(18)30)24-8-7-17(10-15(24)2)38-26-19(28)5-4-6-20(26)29/h4-13,32-33H,30H2,1-3H3. The van der Waals surface area contributed by atoms with Crippen molar-refractivity contribution in [2.75, 3.05) is 16.7 Å². The second kappa shape index (κ2) is 9.55. The van der Waals surface area contributed by atoms with Crippen LogP contribution in [-0.4, -0.2) is 35.2 Å². The predicted octanol–water partition coefficient (Wildman–Crippen LogP) is 5.23. The van der Waals surface area contributed by atoms with Crippen LogP contribution < -0.4 is 15.2 Å². The zero-order chi connectivity index (χ0) is 28.1. The number of hydrogen-bond acceptors (Lipinski definition) is 6. The van der Waals surface area contributed by atoms with Crippen molar-refractivity contribution < 1.29 is 26.7 Å². The SMILES string of the molecule is Cc1cc2cc(C(=O)c3cnn(-c4ccc(Oc5c(F)cccc5F)cc4C)c3N)[nH]c2cc1NS(C)(=O)=O. The minimum atomic E-state index is -3.48. The van der Waals surface area contributed by atoms with Gasteiger partial charge in [0, 0.05) is 10.9 Å². The van der Waals surface area contributed by atoms with Crippen LogP contribution in [0.15, 0.2) is 60.8 Å². The Bertz CT molecular complexity index is 1860. The first kappa shape index (κ1) is 25.9. The fourth-order valence-electron chi connectivity index (χ4n) is 4.22. The zero-order valence-electron chi connectivity index (χ0n) is 21.0. The van der Waals surface area contributed by atoms with Crippen molar-refractivity contribution in [3.8, 4) is 17.2 Å². The normalized spacial score (nSPS) is 11.6. The fourth-order valence-corrected chi connectivity index (χ4v) is 4.84. The maximum atomic E-state index is 14.0. The van der Waals surface area contributed by atoms with E-state index in [0.717, 1.165) is 23.8 Å². The third-order valence-electron chi connectivity index (χ3n) is 6.09. The smallest absolute Gasteiger partial charge is 0.229 e. The monoisotopic (exact) mass is 551 g/mol. The summed E-state index contributed by atoms with van der Waals surface area (Å²) in [5.74, 6) is -2.27. The molecule has 5 rings (SSSR count). The van der Waals surface area contributed by atoms with Gasteiger partial charge in [0.2, 0.25) is 15.8 Å². The number of aryl methyl sites for hydroxylation is 2. The molecule has 9 nitrogen and oxygen atoms in total. The van der Waals surface area contributed by atoms with Crippen LogP contribution in [0, 0.1) is 25.5 Å². The molecule has 0 bridgehead atoms. The molecule has 2 aromatic heterocycles. The van der Waals surface area contributed by atoms with Crippen LogP contribution in [0.5, 0.6) is 11.5 Å². The van der Waals surface area contributed by atoms with Gasteiger partial charge in [0.15, 0.2) is 17.4 Å². The number of ether oxygens (including phenoxy) is 1. The number of hydrogen-bond donors (Lipinski definition) is 3. The Balaban J connectivity index is 1.43. The van der Waals surface area contributed by atoms with E-state index in [2.05, 4.69) is 14.8 Å². The number of aromatic amines is 1. The number of aromatic nitrogens is 3. The summed E-state index contributed by atoms with van der Waals surface area (Å²) in [6, 6.07) is 13.2. The summed E-state index contributed by atoms with van der Waals surface area (Å²) < 4.78 is 60.5. The molecule has 0 aliphatic carbocycles. The lowest BCUT2D eigenvalue weighted by molar-refractivity contribution is 0.103. The number of rotatable bonds is 7. The Morgan fingerprint density at radius 2 is 1.77 bits per heavy atom. The molecule has 0 aliphatic rings. The van der Waals surface area contributed by atoms with Crippen molar-refractivity contribution in [3.05, 3.63) is 94.8 Å². The lowest BCUT2D eigenvalue weighted by Gasteiger charge is -2.12. The van der Waals surface area contributed by atoms with Gasteiger partial charge in [-0.15, -0.1) is 0 Å². The number of ketones is 1. The first-order chi connectivity index (χ1) is 18.4. The molecule has 0 unspecified atom stereocenters. The molecule has 0 amide bonds. The summed E-state index contributed by atoms with van der Waals surface area (Å²) in [4.78, 5) is 16.3. The van der Waals surface area contributed by atoms with Gasteiger partial charge in [-0.05, 0) is 73.5 Å². The number of carbonyl (C=O) groups excluding carboxylic acids is 1. The number of nitrogen functional groups attached to an aromatic ring is 1. The van der Waals surface area contributed by atoms with Crippen molar-refractivity contribution in [1.82, 2.24) is 14.8 Å². The molecule has 4 N–H and O–H groups in total. The van der Waals surface area contributed by atoms with Crippen molar-refractivity contribution in [2.24, 2.45) is 0 Å². The van der Waals surface area contributed by atoms with Crippen LogP contribution >= 0.6 is 0 Å². The van der Waals surface area contributed by atoms with Gasteiger partial charge in [-0.3, -0.25) is 9.52 Å². The molecule has 0 atom stereocenters. The molecule has 0 spiro atoms. The average Bonchev–Trinajstić information content (AvgIpc) is 3.44. The van der Waals surface area contributed by atoms with Crippen LogP contribution in [0.1, 0.15) is 27.2 Å². The highest BCUT2D eigenvalue weighted by Gasteiger charge is 2.21. The number of benzene rings is 3. The molecule has 0 fully saturated rings. The minimum absolute atomic E-state index is 0.0891. The fraction of sp³-hybridized carbons (Fsp3) is 0.111. The lowest BCUT2D eigenvalue weighted by atomic mass is 10.1. The Morgan fingerprint density at radius 1 is 1.05 bits per heavy atom. The molecule has 3 aromatic carbocycles. The van der Waals surface area contributed by atoms with E-state index in [1.165, 1.54) is 23.0 Å². The topological polar surface area (TPSA) is 132 Å². The van der Waals surface area contributed by atoms with Crippen molar-refractivity contribution in [1.29, 1.82) is 0 Å². The quantitative estimate of drug-likeness (QED) is 0.238. The summed E-state index contributed by atoms with van der Waals surface area (Å²) in [6.07, 6.45) is 2.41. The first-order valence-corrected chi connectivity index (χ1v) is 13.5. The average molecular weight is 552 g/mol. The Labute approximate surface area is 222 Å². The molecule has 200 valence electrons. The Morgan fingerprint density at radius 3 is 2.44 bits per heavy atom. The number of nitrogens with one attached hydrogen (secondary N) is 2. The van der Waals surface area contributed by atoms with Crippen LogP contribution in [-0.2, 0) is 10.0 Å². The number of halogens is 2. The largest absolute Gasteiger partial charge is 0.451 e. The van der Waals surface area contributed by atoms with E-state index in [-0.39, 0.29) is 22.8 Å². The molecule has 5 aromatic rings. The molecular weight excluding hydrogens is 528 g/mol. The second-order valence-electron chi connectivity index (χ2n) is 9.10. The number of H-pyrrole nitrogens is 1. The van der Waals surface area contributed by atoms with Crippen LogP contribution in [0.4, 0.5) is 20.3 Å². The second-order valence-corrected chi connectivity index (χ2v) is 10.8. The summed E-state index contributed by atoms with van der Waals surface area (Å²) >= 11 is 0. The summed E-state index contributed by atoms with van der Waals surface area (Å²) in [5, 5.41) is 5.00. The highest BCUT2D eigenvalue weighted by Crippen LogP contribution is 2.31. The first-order valence-electron chi connectivity index (χ1n) is 11.6. The maximum Gasteiger partial charge on any atom is 0.229 e. The number of carbonyl (C=O) groups is 1. The maximum absolute atomic E-state index is 14.0. The van der Waals surface area contributed by atoms with E-state index in [4.69, 9.17) is 10.5 Å². The van der Waals surface area contributed by atoms with E-state index >= 15 is 0 Å². The van der Waals surface area contributed by atoms with Gasteiger partial charge in [0.1, 0.15) is 11.6 Å². The Hall–Kier alpha value is -4.71. The highest BCUT2D eigenvalue weighted by molar-refractivity contribution is 7.92. The number of para-hydroxylation sites is 1. The summed E-state index contributed by atoms with van der Waals surface area (Å²) in [7, 11) is -3.48. The molecule has 2 heterocycles. The molecule has 0 saturated carbocycles. The molecular formula is C27H23F2N5O4S. The van der Waals surface area contributed by atoms with Gasteiger partial charge < -0.3 is 15.5 Å². The number of sulfonamides is 1. The summed E-state index contributed by atoms with van der Waals surface area (Å²) in [6.45, 7) is 3.50. The Kier molecular flexibility index (Phi) is 6.35. The van der Waals surface area contributed by atoms with Gasteiger partial charge in [0.25, 0.3) is 0 Å². The van der Waals surface area contributed by atoms with Gasteiger partial charge in [-0.25, -0.2) is 21.9 Å². The van der Waals surface area contributed by atoms with Crippen molar-refractivity contribution >= 4 is 38.2 Å². The molecule has 0 aliphatic heterocycles. The van der Waals surface area contributed by atoms with Crippen molar-refractivity contribution in [3.63, 3.8) is 0 Å². The van der Waals surface area contributed by atoms with E-state index < -0.39 is 33.2 Å². The van der Waals surface area contributed by atoms with Gasteiger partial charge >= 0.3 is 0 Å². The highest BCUT2D eigenvalue weighted by atomic mass is 32.2. The molecule has 0 radical (unpaired) electrons. The van der Waals surface area contributed by atoms with E-state index in [1.54, 1.807) is 44.2 Å². The minimum Gasteiger partial charge on any atom is -0.451 e. The molecule has 0 saturated heterocycles. The van der Waals surface area contributed by atoms with E-state index in [0.29, 0.717) is 28.0 Å².